The maximum absolute atomic E-state index is 10.3. The van der Waals surface area contributed by atoms with E-state index in [1.807, 2.05) is 0 Å². The van der Waals surface area contributed by atoms with Crippen LogP contribution in [-0.4, -0.2) is 11.9 Å². The van der Waals surface area contributed by atoms with Gasteiger partial charge in [0.1, 0.15) is 0 Å². The van der Waals surface area contributed by atoms with Crippen LogP contribution in [0, 0.1) is 0 Å². The first-order valence-electron chi connectivity index (χ1n) is 2.04. The van der Waals surface area contributed by atoms with Gasteiger partial charge in [0.2, 0.25) is 0 Å². The highest BCUT2D eigenvalue weighted by molar-refractivity contribution is 9.06. The Hall–Kier alpha value is -0.360. The average molecular weight is 274 g/mol. The Morgan fingerprint density at radius 2 is 1.30 bits per heavy atom. The van der Waals surface area contributed by atoms with Crippen LogP contribution in [0.4, 0.5) is 0 Å². The van der Waals surface area contributed by atoms with Gasteiger partial charge in [-0.25, -0.2) is 9.59 Å². The van der Waals surface area contributed by atoms with Crippen molar-refractivity contribution in [1.29, 1.82) is 0 Å². The van der Waals surface area contributed by atoms with E-state index < -0.39 is 11.9 Å². The van der Waals surface area contributed by atoms with Crippen molar-refractivity contribution in [3.63, 3.8) is 0 Å². The van der Waals surface area contributed by atoms with Gasteiger partial charge in [0.05, 0.1) is 0 Å². The SMILES string of the molecule is O=C(/C=C/C(=O)OBr)OBr. The molecule has 0 rings (SSSR count). The van der Waals surface area contributed by atoms with Gasteiger partial charge in [-0.05, 0) is 0 Å². The van der Waals surface area contributed by atoms with Crippen molar-refractivity contribution in [2.75, 3.05) is 0 Å². The van der Waals surface area contributed by atoms with E-state index in [9.17, 15) is 9.59 Å². The Kier molecular flexibility index (Phi) is 5.23. The second kappa shape index (κ2) is 5.43. The summed E-state index contributed by atoms with van der Waals surface area (Å²) in [5.74, 6) is -1.36. The summed E-state index contributed by atoms with van der Waals surface area (Å²) in [5, 5.41) is 0. The van der Waals surface area contributed by atoms with Crippen molar-refractivity contribution in [2.45, 2.75) is 0 Å². The van der Waals surface area contributed by atoms with Crippen molar-refractivity contribution in [1.82, 2.24) is 0 Å². The van der Waals surface area contributed by atoms with Crippen molar-refractivity contribution in [3.8, 4) is 0 Å². The van der Waals surface area contributed by atoms with Crippen molar-refractivity contribution in [2.24, 2.45) is 0 Å². The highest BCUT2D eigenvalue weighted by atomic mass is 79.9. The molecule has 0 saturated carbocycles. The van der Waals surface area contributed by atoms with E-state index in [1.54, 1.807) is 0 Å². The Morgan fingerprint density at radius 3 is 1.50 bits per heavy atom. The van der Waals surface area contributed by atoms with Gasteiger partial charge in [-0.1, -0.05) is 0 Å². The van der Waals surface area contributed by atoms with Gasteiger partial charge in [0.15, 0.2) is 32.5 Å². The van der Waals surface area contributed by atoms with Crippen LogP contribution in [-0.2, 0) is 17.2 Å². The molecule has 0 heterocycles. The molecule has 0 saturated heterocycles. The summed E-state index contributed by atoms with van der Waals surface area (Å²) >= 11 is 4.84. The molecule has 10 heavy (non-hydrogen) atoms. The number of hydrogen-bond donors (Lipinski definition) is 0. The minimum Gasteiger partial charge on any atom is -0.380 e. The smallest absolute Gasteiger partial charge is 0.342 e. The lowest BCUT2D eigenvalue weighted by molar-refractivity contribution is -0.129. The Bertz CT molecular complexity index is 147. The molecule has 0 amide bonds. The Balaban J connectivity index is 3.75. The van der Waals surface area contributed by atoms with Gasteiger partial charge >= 0.3 is 11.9 Å². The topological polar surface area (TPSA) is 52.6 Å². The largest absolute Gasteiger partial charge is 0.380 e. The molecular formula is C4H2Br2O4. The second-order valence-corrected chi connectivity index (χ2v) is 1.77. The zero-order chi connectivity index (χ0) is 7.98. The molecule has 0 aromatic carbocycles. The molecule has 0 unspecified atom stereocenters. The zero-order valence-electron chi connectivity index (χ0n) is 4.54. The van der Waals surface area contributed by atoms with Crippen molar-refractivity contribution in [3.05, 3.63) is 12.2 Å². The third-order valence-electron chi connectivity index (χ3n) is 0.508. The van der Waals surface area contributed by atoms with Gasteiger partial charge in [0, 0.05) is 12.2 Å². The number of carbonyl (C=O) groups excluding carboxylic acids is 2. The zero-order valence-corrected chi connectivity index (χ0v) is 7.72. The van der Waals surface area contributed by atoms with Crippen molar-refractivity contribution >= 4 is 44.5 Å². The van der Waals surface area contributed by atoms with Gasteiger partial charge < -0.3 is 7.66 Å². The van der Waals surface area contributed by atoms with Crippen LogP contribution in [0.1, 0.15) is 0 Å². The number of hydrogen-bond acceptors (Lipinski definition) is 4. The van der Waals surface area contributed by atoms with Crippen LogP contribution in [0.25, 0.3) is 0 Å². The predicted octanol–water partition coefficient (Wildman–Crippen LogP) is 1.25. The first kappa shape index (κ1) is 9.64. The third-order valence-corrected chi connectivity index (χ3v) is 1.15. The van der Waals surface area contributed by atoms with E-state index in [-0.39, 0.29) is 0 Å². The molecule has 0 N–H and O–H groups in total. The molecule has 0 aliphatic heterocycles. The summed E-state index contributed by atoms with van der Waals surface area (Å²) in [5.41, 5.74) is 0. The summed E-state index contributed by atoms with van der Waals surface area (Å²) in [6.07, 6.45) is 1.83. The fraction of sp³-hybridized carbons (Fsp3) is 0. The fourth-order valence-corrected chi connectivity index (χ4v) is 0.403. The van der Waals surface area contributed by atoms with E-state index in [2.05, 4.69) is 40.2 Å². The summed E-state index contributed by atoms with van der Waals surface area (Å²) < 4.78 is 8.02. The lowest BCUT2D eigenvalue weighted by Crippen LogP contribution is -1.94. The van der Waals surface area contributed by atoms with E-state index in [0.29, 0.717) is 0 Å². The molecule has 56 valence electrons. The normalized spacial score (nSPS) is 9.40. The van der Waals surface area contributed by atoms with E-state index in [4.69, 9.17) is 0 Å². The molecule has 0 aromatic rings. The van der Waals surface area contributed by atoms with Gasteiger partial charge in [0.25, 0.3) is 0 Å². The quantitative estimate of drug-likeness (QED) is 0.711. The van der Waals surface area contributed by atoms with Crippen molar-refractivity contribution < 1.29 is 17.2 Å². The highest BCUT2D eigenvalue weighted by Crippen LogP contribution is 1.91. The molecular weight excluding hydrogens is 272 g/mol. The minimum atomic E-state index is -0.682. The van der Waals surface area contributed by atoms with E-state index in [1.165, 1.54) is 0 Å². The number of halogens is 2. The first-order chi connectivity index (χ1) is 4.70. The number of carbonyl (C=O) groups is 2. The van der Waals surface area contributed by atoms with Crippen LogP contribution >= 0.6 is 32.5 Å². The Labute approximate surface area is 74.1 Å². The predicted molar refractivity (Wildman–Crippen MR) is 39.2 cm³/mol. The van der Waals surface area contributed by atoms with Crippen LogP contribution in [0.2, 0.25) is 0 Å². The molecule has 0 aliphatic carbocycles. The van der Waals surface area contributed by atoms with Gasteiger partial charge in [-0.2, -0.15) is 0 Å². The van der Waals surface area contributed by atoms with Crippen LogP contribution in [0.5, 0.6) is 0 Å². The monoisotopic (exact) mass is 272 g/mol. The van der Waals surface area contributed by atoms with Crippen LogP contribution in [0.3, 0.4) is 0 Å². The molecule has 4 nitrogen and oxygen atoms in total. The lowest BCUT2D eigenvalue weighted by atomic mass is 10.5. The van der Waals surface area contributed by atoms with Crippen LogP contribution in [0.15, 0.2) is 12.2 Å². The fourth-order valence-electron chi connectivity index (χ4n) is 0.188. The third kappa shape index (κ3) is 4.51. The minimum absolute atomic E-state index is 0.682. The number of rotatable bonds is 2. The summed E-state index contributed by atoms with van der Waals surface area (Å²) in [7, 11) is 0. The van der Waals surface area contributed by atoms with Gasteiger partial charge in [-0.15, -0.1) is 0 Å². The molecule has 6 heteroatoms. The maximum atomic E-state index is 10.3. The molecule has 0 fully saturated rings. The molecule has 0 radical (unpaired) electrons. The summed E-state index contributed by atoms with van der Waals surface area (Å²) in [6.45, 7) is 0. The van der Waals surface area contributed by atoms with E-state index >= 15 is 0 Å². The van der Waals surface area contributed by atoms with Gasteiger partial charge in [-0.3, -0.25) is 0 Å². The lowest BCUT2D eigenvalue weighted by Gasteiger charge is -1.85. The highest BCUT2D eigenvalue weighted by Gasteiger charge is 1.96. The standard InChI is InChI=1S/C4H2Br2O4/c5-9-3(7)1-2-4(8)10-6/h1-2H/b2-1+. The van der Waals surface area contributed by atoms with Crippen LogP contribution < -0.4 is 0 Å². The summed E-state index contributed by atoms with van der Waals surface area (Å²) in [4.78, 5) is 20.5. The average Bonchev–Trinajstić information content (AvgIpc) is 1.99. The maximum Gasteiger partial charge on any atom is 0.342 e. The second-order valence-electron chi connectivity index (χ2n) is 1.13. The molecule has 0 aliphatic rings. The molecule has 0 aromatic heterocycles. The molecule has 0 bridgehead atoms. The first-order valence-corrected chi connectivity index (χ1v) is 3.33. The molecule has 0 spiro atoms. The van der Waals surface area contributed by atoms with E-state index in [0.717, 1.165) is 12.2 Å². The summed E-state index contributed by atoms with van der Waals surface area (Å²) in [6, 6.07) is 0. The Morgan fingerprint density at radius 1 is 1.00 bits per heavy atom. The molecule has 0 atom stereocenters.